The molecular formula is C23H24O3. The van der Waals surface area contributed by atoms with Gasteiger partial charge in [0.05, 0.1) is 0 Å². The van der Waals surface area contributed by atoms with E-state index in [1.165, 1.54) is 6.42 Å². The van der Waals surface area contributed by atoms with Crippen molar-refractivity contribution in [2.75, 3.05) is 0 Å². The minimum atomic E-state index is -1.00. The Labute approximate surface area is 153 Å². The van der Waals surface area contributed by atoms with Crippen LogP contribution < -0.4 is 0 Å². The summed E-state index contributed by atoms with van der Waals surface area (Å²) < 4.78 is 5.57. The molecule has 1 N–H and O–H groups in total. The molecule has 0 unspecified atom stereocenters. The summed E-state index contributed by atoms with van der Waals surface area (Å²) in [6.07, 6.45) is 4.18. The molecule has 1 aliphatic rings. The predicted octanol–water partition coefficient (Wildman–Crippen LogP) is 4.98. The van der Waals surface area contributed by atoms with Crippen molar-refractivity contribution in [1.82, 2.24) is 0 Å². The van der Waals surface area contributed by atoms with Gasteiger partial charge in [-0.3, -0.25) is 0 Å². The Bertz CT molecular complexity index is 871. The third kappa shape index (κ3) is 3.32. The van der Waals surface area contributed by atoms with Gasteiger partial charge in [0, 0.05) is 5.56 Å². The van der Waals surface area contributed by atoms with Crippen LogP contribution in [0.25, 0.3) is 21.5 Å². The van der Waals surface area contributed by atoms with Crippen LogP contribution in [0, 0.1) is 5.92 Å². The second kappa shape index (κ2) is 7.46. The Morgan fingerprint density at radius 3 is 2.15 bits per heavy atom. The highest BCUT2D eigenvalue weighted by molar-refractivity contribution is 6.02. The fraction of sp³-hybridized carbons (Fsp3) is 0.348. The van der Waals surface area contributed by atoms with Gasteiger partial charge < -0.3 is 9.84 Å². The summed E-state index contributed by atoms with van der Waals surface area (Å²) in [5.74, 6) is -0.450. The molecule has 3 aromatic carbocycles. The van der Waals surface area contributed by atoms with Crippen LogP contribution in [0.1, 0.15) is 37.7 Å². The van der Waals surface area contributed by atoms with Gasteiger partial charge in [-0.2, -0.15) is 0 Å². The Kier molecular flexibility index (Phi) is 4.89. The number of hydrogen-bond donors (Lipinski definition) is 1. The van der Waals surface area contributed by atoms with Crippen molar-refractivity contribution < 1.29 is 14.6 Å². The molecule has 1 saturated carbocycles. The molecule has 1 aliphatic carbocycles. The average Bonchev–Trinajstić information content (AvgIpc) is 2.71. The van der Waals surface area contributed by atoms with E-state index in [1.54, 1.807) is 0 Å². The van der Waals surface area contributed by atoms with Gasteiger partial charge in [0.2, 0.25) is 0 Å². The zero-order valence-electron chi connectivity index (χ0n) is 14.9. The Morgan fingerprint density at radius 1 is 0.962 bits per heavy atom. The van der Waals surface area contributed by atoms with Gasteiger partial charge in [0.1, 0.15) is 6.61 Å². The topological polar surface area (TPSA) is 46.5 Å². The maximum absolute atomic E-state index is 12.4. The second-order valence-corrected chi connectivity index (χ2v) is 7.25. The molecule has 1 atom stereocenters. The first-order valence-corrected chi connectivity index (χ1v) is 9.48. The number of hydrogen-bond acceptors (Lipinski definition) is 3. The molecule has 3 heteroatoms. The number of carbonyl (C=O) groups excluding carboxylic acids is 1. The van der Waals surface area contributed by atoms with E-state index in [4.69, 9.17) is 4.74 Å². The lowest BCUT2D eigenvalue weighted by atomic mass is 9.85. The monoisotopic (exact) mass is 348 g/mol. The quantitative estimate of drug-likeness (QED) is 0.534. The summed E-state index contributed by atoms with van der Waals surface area (Å²) in [4.78, 5) is 12.4. The highest BCUT2D eigenvalue weighted by atomic mass is 16.5. The van der Waals surface area contributed by atoms with E-state index in [9.17, 15) is 9.90 Å². The standard InChI is InChI=1S/C23H24O3/c24-22(16-8-2-1-3-9-16)23(25)26-15-21-19-12-6-4-10-17(19)14-18-11-5-7-13-20(18)21/h4-7,10-14,16,22,24H,1-3,8-9,15H2/t22-/m0/s1. The molecule has 1 fully saturated rings. The highest BCUT2D eigenvalue weighted by Gasteiger charge is 2.28. The first-order valence-electron chi connectivity index (χ1n) is 9.48. The van der Waals surface area contributed by atoms with Gasteiger partial charge in [-0.25, -0.2) is 4.79 Å². The lowest BCUT2D eigenvalue weighted by Gasteiger charge is -2.25. The summed E-state index contributed by atoms with van der Waals surface area (Å²) >= 11 is 0. The van der Waals surface area contributed by atoms with E-state index in [2.05, 4.69) is 30.3 Å². The zero-order valence-corrected chi connectivity index (χ0v) is 14.9. The van der Waals surface area contributed by atoms with E-state index < -0.39 is 12.1 Å². The molecule has 0 aliphatic heterocycles. The summed E-state index contributed by atoms with van der Waals surface area (Å²) in [6.45, 7) is 0.185. The van der Waals surface area contributed by atoms with E-state index in [1.807, 2.05) is 24.3 Å². The molecule has 0 heterocycles. The summed E-state index contributed by atoms with van der Waals surface area (Å²) in [5.41, 5.74) is 1.00. The summed E-state index contributed by atoms with van der Waals surface area (Å²) in [7, 11) is 0. The smallest absolute Gasteiger partial charge is 0.335 e. The van der Waals surface area contributed by atoms with E-state index in [0.29, 0.717) is 0 Å². The van der Waals surface area contributed by atoms with Crippen LogP contribution in [0.2, 0.25) is 0 Å². The van der Waals surface area contributed by atoms with E-state index in [0.717, 1.165) is 52.8 Å². The van der Waals surface area contributed by atoms with Crippen LogP contribution in [0.5, 0.6) is 0 Å². The van der Waals surface area contributed by atoms with Crippen molar-refractivity contribution in [2.24, 2.45) is 5.92 Å². The number of fused-ring (bicyclic) bond motifs is 2. The molecule has 0 spiro atoms. The molecule has 0 saturated heterocycles. The minimum Gasteiger partial charge on any atom is -0.459 e. The molecule has 134 valence electrons. The van der Waals surface area contributed by atoms with Gasteiger partial charge >= 0.3 is 5.97 Å². The minimum absolute atomic E-state index is 0.0421. The number of ether oxygens (including phenoxy) is 1. The third-order valence-electron chi connectivity index (χ3n) is 5.58. The summed E-state index contributed by atoms with van der Waals surface area (Å²) in [6, 6.07) is 18.4. The van der Waals surface area contributed by atoms with Gasteiger partial charge in [-0.15, -0.1) is 0 Å². The van der Waals surface area contributed by atoms with Gasteiger partial charge in [0.25, 0.3) is 0 Å². The van der Waals surface area contributed by atoms with Crippen molar-refractivity contribution in [2.45, 2.75) is 44.8 Å². The van der Waals surface area contributed by atoms with Crippen LogP contribution in [0.15, 0.2) is 54.6 Å². The molecule has 0 bridgehead atoms. The molecule has 0 amide bonds. The van der Waals surface area contributed by atoms with Crippen molar-refractivity contribution in [3.63, 3.8) is 0 Å². The number of aliphatic hydroxyl groups is 1. The lowest BCUT2D eigenvalue weighted by molar-refractivity contribution is -0.158. The molecule has 26 heavy (non-hydrogen) atoms. The van der Waals surface area contributed by atoms with Crippen molar-refractivity contribution in [1.29, 1.82) is 0 Å². The van der Waals surface area contributed by atoms with Gasteiger partial charge in [-0.1, -0.05) is 67.8 Å². The van der Waals surface area contributed by atoms with Crippen LogP contribution in [0.4, 0.5) is 0 Å². The molecule has 0 radical (unpaired) electrons. The zero-order chi connectivity index (χ0) is 17.9. The van der Waals surface area contributed by atoms with Crippen molar-refractivity contribution in [3.8, 4) is 0 Å². The maximum atomic E-state index is 12.4. The van der Waals surface area contributed by atoms with Crippen LogP contribution in [-0.2, 0) is 16.1 Å². The molecular weight excluding hydrogens is 324 g/mol. The summed E-state index contributed by atoms with van der Waals surface area (Å²) in [5, 5.41) is 14.8. The highest BCUT2D eigenvalue weighted by Crippen LogP contribution is 2.30. The molecule has 0 aromatic heterocycles. The molecule has 4 rings (SSSR count). The average molecular weight is 348 g/mol. The number of esters is 1. The number of aliphatic hydroxyl groups excluding tert-OH is 1. The fourth-order valence-corrected chi connectivity index (χ4v) is 4.13. The third-order valence-corrected chi connectivity index (χ3v) is 5.58. The predicted molar refractivity (Wildman–Crippen MR) is 104 cm³/mol. The Morgan fingerprint density at radius 2 is 1.54 bits per heavy atom. The number of benzene rings is 3. The molecule has 3 nitrogen and oxygen atoms in total. The van der Waals surface area contributed by atoms with Crippen LogP contribution in [-0.4, -0.2) is 17.2 Å². The van der Waals surface area contributed by atoms with E-state index >= 15 is 0 Å². The normalized spacial score (nSPS) is 16.7. The Hall–Kier alpha value is -2.39. The number of rotatable bonds is 4. The SMILES string of the molecule is O=C(OCc1c2ccccc2cc2ccccc12)[C@@H](O)C1CCCCC1. The van der Waals surface area contributed by atoms with Crippen molar-refractivity contribution >= 4 is 27.5 Å². The van der Waals surface area contributed by atoms with Gasteiger partial charge in [0.15, 0.2) is 6.10 Å². The largest absolute Gasteiger partial charge is 0.459 e. The lowest BCUT2D eigenvalue weighted by Crippen LogP contribution is -2.32. The fourth-order valence-electron chi connectivity index (χ4n) is 4.13. The maximum Gasteiger partial charge on any atom is 0.335 e. The van der Waals surface area contributed by atoms with Crippen LogP contribution in [0.3, 0.4) is 0 Å². The first-order chi connectivity index (χ1) is 12.7. The number of carbonyl (C=O) groups is 1. The Balaban J connectivity index is 1.60. The second-order valence-electron chi connectivity index (χ2n) is 7.25. The van der Waals surface area contributed by atoms with E-state index in [-0.39, 0.29) is 12.5 Å². The van der Waals surface area contributed by atoms with Gasteiger partial charge in [-0.05, 0) is 46.4 Å². The molecule has 3 aromatic rings. The van der Waals surface area contributed by atoms with Crippen molar-refractivity contribution in [3.05, 3.63) is 60.2 Å². The van der Waals surface area contributed by atoms with Crippen LogP contribution >= 0.6 is 0 Å². The first kappa shape index (κ1) is 17.0.